The van der Waals surface area contributed by atoms with Gasteiger partial charge in [-0.1, -0.05) is 20.8 Å². The first-order valence-electron chi connectivity index (χ1n) is 5.98. The van der Waals surface area contributed by atoms with E-state index in [0.717, 1.165) is 0 Å². The molecule has 7 heteroatoms. The van der Waals surface area contributed by atoms with Crippen molar-refractivity contribution in [3.63, 3.8) is 0 Å². The summed E-state index contributed by atoms with van der Waals surface area (Å²) >= 11 is 0. The predicted octanol–water partition coefficient (Wildman–Crippen LogP) is -0.245. The molecule has 0 aliphatic rings. The Morgan fingerprint density at radius 2 is 1.84 bits per heavy atom. The zero-order valence-electron chi connectivity index (χ0n) is 11.8. The van der Waals surface area contributed by atoms with E-state index in [1.54, 1.807) is 20.8 Å². The molecule has 0 saturated heterocycles. The monoisotopic (exact) mass is 274 g/mol. The molecule has 3 N–H and O–H groups in total. The highest BCUT2D eigenvalue weighted by Crippen LogP contribution is 2.11. The maximum Gasteiger partial charge on any atom is 0.328 e. The summed E-state index contributed by atoms with van der Waals surface area (Å²) in [5.74, 6) is -1.76. The number of aliphatic carboxylic acids is 1. The van der Waals surface area contributed by atoms with E-state index in [1.165, 1.54) is 7.11 Å². The minimum atomic E-state index is -1.16. The molecule has 0 bridgehead atoms. The van der Waals surface area contributed by atoms with Crippen LogP contribution in [0.5, 0.6) is 0 Å². The standard InChI is InChI=1S/C12H22N2O5/c1-12(2,3)11(18)13-6-5-9(15)14-8(7-19-4)10(16)17/h8H,5-7H2,1-4H3,(H,13,18)(H,14,15)(H,16,17). The largest absolute Gasteiger partial charge is 0.480 e. The summed E-state index contributed by atoms with van der Waals surface area (Å²) in [5, 5.41) is 13.7. The summed E-state index contributed by atoms with van der Waals surface area (Å²) in [6.45, 7) is 5.36. The van der Waals surface area contributed by atoms with Crippen LogP contribution >= 0.6 is 0 Å². The molecule has 0 aliphatic carbocycles. The third kappa shape index (κ3) is 7.40. The second kappa shape index (κ2) is 7.73. The van der Waals surface area contributed by atoms with Crippen molar-refractivity contribution in [1.29, 1.82) is 0 Å². The van der Waals surface area contributed by atoms with Gasteiger partial charge in [-0.2, -0.15) is 0 Å². The predicted molar refractivity (Wildman–Crippen MR) is 68.5 cm³/mol. The van der Waals surface area contributed by atoms with Crippen molar-refractivity contribution in [2.75, 3.05) is 20.3 Å². The summed E-state index contributed by atoms with van der Waals surface area (Å²) in [5.41, 5.74) is -0.518. The van der Waals surface area contributed by atoms with E-state index in [2.05, 4.69) is 15.4 Å². The van der Waals surface area contributed by atoms with Crippen molar-refractivity contribution in [3.05, 3.63) is 0 Å². The van der Waals surface area contributed by atoms with E-state index < -0.39 is 23.3 Å². The average Bonchev–Trinajstić information content (AvgIpc) is 2.26. The fraction of sp³-hybridized carbons (Fsp3) is 0.750. The lowest BCUT2D eigenvalue weighted by Gasteiger charge is -2.18. The molecule has 19 heavy (non-hydrogen) atoms. The van der Waals surface area contributed by atoms with Gasteiger partial charge in [0.2, 0.25) is 11.8 Å². The summed E-state index contributed by atoms with van der Waals surface area (Å²) < 4.78 is 4.69. The molecule has 0 saturated carbocycles. The lowest BCUT2D eigenvalue weighted by atomic mass is 9.96. The van der Waals surface area contributed by atoms with Crippen LogP contribution in [-0.4, -0.2) is 49.2 Å². The van der Waals surface area contributed by atoms with Crippen LogP contribution in [0.3, 0.4) is 0 Å². The van der Waals surface area contributed by atoms with E-state index in [1.807, 2.05) is 0 Å². The summed E-state index contributed by atoms with van der Waals surface area (Å²) in [7, 11) is 1.35. The number of carbonyl (C=O) groups excluding carboxylic acids is 2. The fourth-order valence-electron chi connectivity index (χ4n) is 1.16. The molecule has 7 nitrogen and oxygen atoms in total. The van der Waals surface area contributed by atoms with Crippen LogP contribution in [0.25, 0.3) is 0 Å². The number of amides is 2. The van der Waals surface area contributed by atoms with Crippen LogP contribution in [0.15, 0.2) is 0 Å². The molecule has 2 amide bonds. The minimum absolute atomic E-state index is 0.0231. The summed E-state index contributed by atoms with van der Waals surface area (Å²) in [4.78, 5) is 33.8. The highest BCUT2D eigenvalue weighted by atomic mass is 16.5. The van der Waals surface area contributed by atoms with Gasteiger partial charge in [-0.25, -0.2) is 4.79 Å². The third-order valence-electron chi connectivity index (χ3n) is 2.29. The van der Waals surface area contributed by atoms with Gasteiger partial charge in [0, 0.05) is 25.5 Å². The third-order valence-corrected chi connectivity index (χ3v) is 2.29. The molecular formula is C12H22N2O5. The highest BCUT2D eigenvalue weighted by Gasteiger charge is 2.22. The fourth-order valence-corrected chi connectivity index (χ4v) is 1.16. The molecule has 0 aromatic heterocycles. The zero-order chi connectivity index (χ0) is 15.1. The molecular weight excluding hydrogens is 252 g/mol. The van der Waals surface area contributed by atoms with Gasteiger partial charge in [-0.15, -0.1) is 0 Å². The quantitative estimate of drug-likeness (QED) is 0.594. The molecule has 0 heterocycles. The molecule has 1 unspecified atom stereocenters. The average molecular weight is 274 g/mol. The van der Waals surface area contributed by atoms with E-state index in [4.69, 9.17) is 5.11 Å². The topological polar surface area (TPSA) is 105 Å². The number of rotatable bonds is 7. The number of hydrogen-bond acceptors (Lipinski definition) is 4. The second-order valence-corrected chi connectivity index (χ2v) is 5.17. The van der Waals surface area contributed by atoms with E-state index >= 15 is 0 Å². The maximum atomic E-state index is 11.5. The Morgan fingerprint density at radius 1 is 1.26 bits per heavy atom. The number of methoxy groups -OCH3 is 1. The Kier molecular flexibility index (Phi) is 7.06. The normalized spacial score (nSPS) is 12.6. The van der Waals surface area contributed by atoms with Gasteiger partial charge >= 0.3 is 5.97 Å². The first kappa shape index (κ1) is 17.4. The van der Waals surface area contributed by atoms with Crippen molar-refractivity contribution < 1.29 is 24.2 Å². The molecule has 0 radical (unpaired) electrons. The van der Waals surface area contributed by atoms with Gasteiger partial charge in [0.15, 0.2) is 6.04 Å². The Labute approximate surface area is 112 Å². The summed E-state index contributed by atoms with van der Waals surface area (Å²) in [6.07, 6.45) is 0.0231. The van der Waals surface area contributed by atoms with Gasteiger partial charge < -0.3 is 20.5 Å². The molecule has 1 atom stereocenters. The van der Waals surface area contributed by atoms with Gasteiger partial charge in [0.25, 0.3) is 0 Å². The van der Waals surface area contributed by atoms with Crippen LogP contribution in [0.2, 0.25) is 0 Å². The number of carboxylic acid groups (broad SMARTS) is 1. The van der Waals surface area contributed by atoms with Crippen LogP contribution in [-0.2, 0) is 19.1 Å². The highest BCUT2D eigenvalue weighted by molar-refractivity contribution is 5.85. The number of carbonyl (C=O) groups is 3. The lowest BCUT2D eigenvalue weighted by Crippen LogP contribution is -2.45. The van der Waals surface area contributed by atoms with Gasteiger partial charge in [0.05, 0.1) is 6.61 Å². The molecule has 0 rings (SSSR count). The van der Waals surface area contributed by atoms with Crippen molar-refractivity contribution in [1.82, 2.24) is 10.6 Å². The van der Waals surface area contributed by atoms with Crippen LogP contribution in [0.1, 0.15) is 27.2 Å². The van der Waals surface area contributed by atoms with Gasteiger partial charge in [-0.3, -0.25) is 9.59 Å². The van der Waals surface area contributed by atoms with E-state index in [0.29, 0.717) is 0 Å². The lowest BCUT2D eigenvalue weighted by molar-refractivity contribution is -0.143. The number of hydrogen-bond donors (Lipinski definition) is 3. The van der Waals surface area contributed by atoms with Crippen LogP contribution < -0.4 is 10.6 Å². The Bertz CT molecular complexity index is 336. The SMILES string of the molecule is COCC(NC(=O)CCNC(=O)C(C)(C)C)C(=O)O. The first-order valence-corrected chi connectivity index (χ1v) is 5.98. The molecule has 0 spiro atoms. The van der Waals surface area contributed by atoms with Crippen LogP contribution in [0, 0.1) is 5.41 Å². The van der Waals surface area contributed by atoms with Crippen molar-refractivity contribution >= 4 is 17.8 Å². The van der Waals surface area contributed by atoms with E-state index in [9.17, 15) is 14.4 Å². The molecule has 0 aromatic rings. The maximum absolute atomic E-state index is 11.5. The summed E-state index contributed by atoms with van der Waals surface area (Å²) in [6, 6.07) is -1.07. The second-order valence-electron chi connectivity index (χ2n) is 5.17. The number of nitrogens with one attached hydrogen (secondary N) is 2. The van der Waals surface area contributed by atoms with Crippen molar-refractivity contribution in [2.45, 2.75) is 33.2 Å². The van der Waals surface area contributed by atoms with Crippen LogP contribution in [0.4, 0.5) is 0 Å². The van der Waals surface area contributed by atoms with Gasteiger partial charge in [-0.05, 0) is 0 Å². The molecule has 110 valence electrons. The van der Waals surface area contributed by atoms with Crippen molar-refractivity contribution in [3.8, 4) is 0 Å². The number of carboxylic acids is 1. The smallest absolute Gasteiger partial charge is 0.328 e. The molecule has 0 aliphatic heterocycles. The Morgan fingerprint density at radius 3 is 2.26 bits per heavy atom. The zero-order valence-corrected chi connectivity index (χ0v) is 11.8. The molecule has 0 fully saturated rings. The van der Waals surface area contributed by atoms with Gasteiger partial charge in [0.1, 0.15) is 0 Å². The van der Waals surface area contributed by atoms with Crippen molar-refractivity contribution in [2.24, 2.45) is 5.41 Å². The minimum Gasteiger partial charge on any atom is -0.480 e. The Hall–Kier alpha value is -1.63. The Balaban J connectivity index is 4.05. The molecule has 0 aromatic carbocycles. The number of ether oxygens (including phenoxy) is 1. The first-order chi connectivity index (χ1) is 8.68. The van der Waals surface area contributed by atoms with E-state index in [-0.39, 0.29) is 25.5 Å².